The van der Waals surface area contributed by atoms with Crippen LogP contribution in [0.3, 0.4) is 0 Å². The lowest BCUT2D eigenvalue weighted by Crippen LogP contribution is -2.26. The van der Waals surface area contributed by atoms with E-state index >= 15 is 0 Å². The molecule has 1 N–H and O–H groups in total. The summed E-state index contributed by atoms with van der Waals surface area (Å²) >= 11 is 0. The predicted octanol–water partition coefficient (Wildman–Crippen LogP) is 3.60. The van der Waals surface area contributed by atoms with E-state index in [1.165, 1.54) is 12.1 Å². The third-order valence-corrected chi connectivity index (χ3v) is 4.21. The van der Waals surface area contributed by atoms with Crippen LogP contribution in [0.25, 0.3) is 5.69 Å². The van der Waals surface area contributed by atoms with Gasteiger partial charge in [0.15, 0.2) is 0 Å². The number of carbonyl (C=O) groups is 1. The molecule has 5 heteroatoms. The van der Waals surface area contributed by atoms with E-state index in [0.717, 1.165) is 22.5 Å². The summed E-state index contributed by atoms with van der Waals surface area (Å²) in [5.74, 6) is -0.411. The highest BCUT2D eigenvalue weighted by Gasteiger charge is 2.15. The number of benzene rings is 2. The first kappa shape index (κ1) is 16.9. The number of aromatic nitrogens is 2. The summed E-state index contributed by atoms with van der Waals surface area (Å²) in [5, 5.41) is 7.25. The lowest BCUT2D eigenvalue weighted by Gasteiger charge is -2.09. The minimum atomic E-state index is -0.257. The topological polar surface area (TPSA) is 46.9 Å². The summed E-state index contributed by atoms with van der Waals surface area (Å²) < 4.78 is 14.7. The molecule has 0 fully saturated rings. The van der Waals surface area contributed by atoms with Gasteiger partial charge >= 0.3 is 0 Å². The van der Waals surface area contributed by atoms with Crippen LogP contribution in [0, 0.1) is 19.7 Å². The smallest absolute Gasteiger partial charge is 0.254 e. The molecule has 3 rings (SSSR count). The monoisotopic (exact) mass is 337 g/mol. The van der Waals surface area contributed by atoms with Gasteiger partial charge in [0.25, 0.3) is 5.91 Å². The molecule has 1 heterocycles. The molecule has 4 nitrogen and oxygen atoms in total. The molecule has 0 spiro atoms. The summed E-state index contributed by atoms with van der Waals surface area (Å²) in [6, 6.07) is 14.2. The van der Waals surface area contributed by atoms with Crippen molar-refractivity contribution in [1.82, 2.24) is 15.1 Å². The maximum absolute atomic E-state index is 12.9. The zero-order chi connectivity index (χ0) is 17.8. The Kier molecular flexibility index (Phi) is 4.93. The van der Waals surface area contributed by atoms with Crippen molar-refractivity contribution in [2.45, 2.75) is 20.3 Å². The second kappa shape index (κ2) is 7.30. The van der Waals surface area contributed by atoms with Crippen LogP contribution >= 0.6 is 0 Å². The molecule has 0 aliphatic rings. The molecule has 128 valence electrons. The van der Waals surface area contributed by atoms with Crippen LogP contribution in [-0.2, 0) is 6.42 Å². The minimum absolute atomic E-state index is 0.153. The average Bonchev–Trinajstić information content (AvgIpc) is 2.98. The van der Waals surface area contributed by atoms with Gasteiger partial charge in [0.1, 0.15) is 5.82 Å². The molecule has 0 aliphatic heterocycles. The SMILES string of the molecule is Cc1ccccc1-n1ncc(C(=O)NCCc2ccc(F)cc2)c1C. The highest BCUT2D eigenvalue weighted by atomic mass is 19.1. The first-order chi connectivity index (χ1) is 12.1. The molecule has 25 heavy (non-hydrogen) atoms. The molecule has 1 aromatic heterocycles. The van der Waals surface area contributed by atoms with Crippen molar-refractivity contribution >= 4 is 5.91 Å². The van der Waals surface area contributed by atoms with E-state index in [9.17, 15) is 9.18 Å². The maximum Gasteiger partial charge on any atom is 0.254 e. The highest BCUT2D eigenvalue weighted by molar-refractivity contribution is 5.95. The molecular formula is C20H20FN3O. The Labute approximate surface area is 146 Å². The van der Waals surface area contributed by atoms with Gasteiger partial charge in [-0.1, -0.05) is 30.3 Å². The molecule has 0 aliphatic carbocycles. The van der Waals surface area contributed by atoms with Gasteiger partial charge in [-0.05, 0) is 49.6 Å². The Bertz CT molecular complexity index is 884. The number of rotatable bonds is 5. The number of aryl methyl sites for hydroxylation is 1. The number of nitrogens with zero attached hydrogens (tertiary/aromatic N) is 2. The number of halogens is 1. The summed E-state index contributed by atoms with van der Waals surface area (Å²) in [4.78, 5) is 12.4. The van der Waals surface area contributed by atoms with E-state index in [1.807, 2.05) is 38.1 Å². The minimum Gasteiger partial charge on any atom is -0.352 e. The molecule has 0 atom stereocenters. The second-order valence-electron chi connectivity index (χ2n) is 5.97. The molecule has 2 aromatic carbocycles. The molecule has 0 saturated carbocycles. The predicted molar refractivity (Wildman–Crippen MR) is 95.5 cm³/mol. The van der Waals surface area contributed by atoms with Gasteiger partial charge in [0, 0.05) is 6.54 Å². The van der Waals surface area contributed by atoms with E-state index in [2.05, 4.69) is 10.4 Å². The number of para-hydroxylation sites is 1. The van der Waals surface area contributed by atoms with Gasteiger partial charge in [-0.25, -0.2) is 9.07 Å². The van der Waals surface area contributed by atoms with E-state index in [-0.39, 0.29) is 11.7 Å². The molecule has 0 bridgehead atoms. The molecule has 0 radical (unpaired) electrons. The van der Waals surface area contributed by atoms with Gasteiger partial charge in [-0.3, -0.25) is 4.79 Å². The first-order valence-electron chi connectivity index (χ1n) is 8.19. The number of hydrogen-bond donors (Lipinski definition) is 1. The second-order valence-corrected chi connectivity index (χ2v) is 5.97. The van der Waals surface area contributed by atoms with Crippen molar-refractivity contribution in [3.05, 3.63) is 82.9 Å². The largest absolute Gasteiger partial charge is 0.352 e. The van der Waals surface area contributed by atoms with Gasteiger partial charge < -0.3 is 5.32 Å². The van der Waals surface area contributed by atoms with E-state index in [4.69, 9.17) is 0 Å². The van der Waals surface area contributed by atoms with Crippen molar-refractivity contribution in [3.63, 3.8) is 0 Å². The van der Waals surface area contributed by atoms with Crippen molar-refractivity contribution < 1.29 is 9.18 Å². The lowest BCUT2D eigenvalue weighted by atomic mass is 10.1. The Morgan fingerprint density at radius 3 is 2.56 bits per heavy atom. The Morgan fingerprint density at radius 2 is 1.84 bits per heavy atom. The molecule has 3 aromatic rings. The van der Waals surface area contributed by atoms with E-state index in [1.54, 1.807) is 23.0 Å². The van der Waals surface area contributed by atoms with Gasteiger partial charge in [0.2, 0.25) is 0 Å². The highest BCUT2D eigenvalue weighted by Crippen LogP contribution is 2.17. The van der Waals surface area contributed by atoms with Gasteiger partial charge in [0.05, 0.1) is 23.1 Å². The van der Waals surface area contributed by atoms with E-state index < -0.39 is 0 Å². The fourth-order valence-electron chi connectivity index (χ4n) is 2.74. The van der Waals surface area contributed by atoms with Crippen molar-refractivity contribution in [1.29, 1.82) is 0 Å². The number of hydrogen-bond acceptors (Lipinski definition) is 2. The molecular weight excluding hydrogens is 317 g/mol. The van der Waals surface area contributed by atoms with Crippen LogP contribution in [0.5, 0.6) is 0 Å². The summed E-state index contributed by atoms with van der Waals surface area (Å²) in [7, 11) is 0. The lowest BCUT2D eigenvalue weighted by molar-refractivity contribution is 0.0953. The van der Waals surface area contributed by atoms with Crippen LogP contribution in [0.2, 0.25) is 0 Å². The average molecular weight is 337 g/mol. The third kappa shape index (κ3) is 3.76. The maximum atomic E-state index is 12.9. The third-order valence-electron chi connectivity index (χ3n) is 4.21. The van der Waals surface area contributed by atoms with Crippen LogP contribution in [-0.4, -0.2) is 22.2 Å². The van der Waals surface area contributed by atoms with Crippen LogP contribution in [0.4, 0.5) is 4.39 Å². The van der Waals surface area contributed by atoms with Gasteiger partial charge in [-0.2, -0.15) is 5.10 Å². The van der Waals surface area contributed by atoms with Crippen LogP contribution < -0.4 is 5.32 Å². The molecule has 0 unspecified atom stereocenters. The fourth-order valence-corrected chi connectivity index (χ4v) is 2.74. The zero-order valence-electron chi connectivity index (χ0n) is 14.3. The van der Waals surface area contributed by atoms with Crippen molar-refractivity contribution in [2.24, 2.45) is 0 Å². The fraction of sp³-hybridized carbons (Fsp3) is 0.200. The molecule has 1 amide bonds. The Morgan fingerprint density at radius 1 is 1.12 bits per heavy atom. The number of nitrogens with one attached hydrogen (secondary N) is 1. The van der Waals surface area contributed by atoms with E-state index in [0.29, 0.717) is 18.5 Å². The first-order valence-corrected chi connectivity index (χ1v) is 8.19. The summed E-state index contributed by atoms with van der Waals surface area (Å²) in [6.45, 7) is 4.38. The Balaban J connectivity index is 1.67. The number of carbonyl (C=O) groups excluding carboxylic acids is 1. The molecule has 0 saturated heterocycles. The Hall–Kier alpha value is -2.95. The van der Waals surface area contributed by atoms with Gasteiger partial charge in [-0.15, -0.1) is 0 Å². The van der Waals surface area contributed by atoms with Crippen LogP contribution in [0.1, 0.15) is 27.2 Å². The van der Waals surface area contributed by atoms with Crippen molar-refractivity contribution in [3.8, 4) is 5.69 Å². The van der Waals surface area contributed by atoms with Crippen LogP contribution in [0.15, 0.2) is 54.7 Å². The quantitative estimate of drug-likeness (QED) is 0.773. The number of amides is 1. The summed E-state index contributed by atoms with van der Waals surface area (Å²) in [5.41, 5.74) is 4.40. The normalized spacial score (nSPS) is 10.7. The zero-order valence-corrected chi connectivity index (χ0v) is 14.3. The standard InChI is InChI=1S/C20H20FN3O/c1-14-5-3-4-6-19(14)24-15(2)18(13-23-24)20(25)22-12-11-16-7-9-17(21)10-8-16/h3-10,13H,11-12H2,1-2H3,(H,22,25). The summed E-state index contributed by atoms with van der Waals surface area (Å²) in [6.07, 6.45) is 2.24. The van der Waals surface area contributed by atoms with Crippen molar-refractivity contribution in [2.75, 3.05) is 6.54 Å².